The minimum absolute atomic E-state index is 0.299. The van der Waals surface area contributed by atoms with Crippen molar-refractivity contribution in [2.45, 2.75) is 12.5 Å². The van der Waals surface area contributed by atoms with E-state index in [4.69, 9.17) is 11.6 Å². The monoisotopic (exact) mass is 234 g/mol. The molecule has 72 valence electrons. The van der Waals surface area contributed by atoms with Gasteiger partial charge in [-0.1, -0.05) is 11.6 Å². The van der Waals surface area contributed by atoms with E-state index >= 15 is 0 Å². The molecule has 2 heterocycles. The van der Waals surface area contributed by atoms with Gasteiger partial charge in [-0.2, -0.15) is 11.8 Å². The lowest BCUT2D eigenvalue weighted by Gasteiger charge is -2.14. The summed E-state index contributed by atoms with van der Waals surface area (Å²) in [5.41, 5.74) is 0. The lowest BCUT2D eigenvalue weighted by Crippen LogP contribution is -2.09. The normalized spacial score (nSPS) is 24.9. The summed E-state index contributed by atoms with van der Waals surface area (Å²) in [6.07, 6.45) is 0.828. The van der Waals surface area contributed by atoms with Gasteiger partial charge in [0.2, 0.25) is 0 Å². The Morgan fingerprint density at radius 2 is 2.38 bits per heavy atom. The van der Waals surface area contributed by atoms with Gasteiger partial charge in [0.15, 0.2) is 0 Å². The molecule has 0 spiro atoms. The van der Waals surface area contributed by atoms with Gasteiger partial charge in [0.25, 0.3) is 0 Å². The Morgan fingerprint density at radius 3 is 2.92 bits per heavy atom. The first-order chi connectivity index (χ1) is 6.27. The summed E-state index contributed by atoms with van der Waals surface area (Å²) in [5, 5.41) is 9.97. The predicted molar refractivity (Wildman–Crippen MR) is 59.7 cm³/mol. The first-order valence-electron chi connectivity index (χ1n) is 4.28. The second-order valence-electron chi connectivity index (χ2n) is 3.21. The molecule has 2 atom stereocenters. The van der Waals surface area contributed by atoms with Crippen LogP contribution >= 0.6 is 34.7 Å². The molecule has 0 bridgehead atoms. The fourth-order valence-corrected chi connectivity index (χ4v) is 3.95. The third kappa shape index (κ3) is 2.21. The van der Waals surface area contributed by atoms with Crippen LogP contribution in [0.25, 0.3) is 0 Å². The lowest BCUT2D eigenvalue weighted by molar-refractivity contribution is 0.125. The molecule has 4 heteroatoms. The number of aliphatic hydroxyl groups is 1. The maximum atomic E-state index is 9.97. The lowest BCUT2D eigenvalue weighted by atomic mass is 10.0. The molecule has 0 saturated carbocycles. The number of aliphatic hydroxyl groups excluding tert-OH is 1. The standard InChI is InChI=1S/C9H11ClOS2/c10-8-2-1-7(13-8)9(11)6-3-4-12-5-6/h1-2,6,9,11H,3-5H2. The summed E-state index contributed by atoms with van der Waals surface area (Å²) >= 11 is 9.23. The number of hydrogen-bond donors (Lipinski definition) is 1. The average Bonchev–Trinajstić information content (AvgIpc) is 2.72. The van der Waals surface area contributed by atoms with Crippen LogP contribution in [0.5, 0.6) is 0 Å². The molecule has 0 aromatic carbocycles. The van der Waals surface area contributed by atoms with Gasteiger partial charge in [-0.05, 0) is 36.0 Å². The van der Waals surface area contributed by atoms with Crippen molar-refractivity contribution < 1.29 is 5.11 Å². The molecule has 1 aliphatic rings. The molecule has 1 aliphatic heterocycles. The summed E-state index contributed by atoms with van der Waals surface area (Å²) < 4.78 is 0.764. The third-order valence-corrected chi connectivity index (χ3v) is 4.79. The van der Waals surface area contributed by atoms with Gasteiger partial charge >= 0.3 is 0 Å². The van der Waals surface area contributed by atoms with E-state index in [1.807, 2.05) is 23.9 Å². The predicted octanol–water partition coefficient (Wildman–Crippen LogP) is 3.19. The summed E-state index contributed by atoms with van der Waals surface area (Å²) in [5.74, 6) is 2.69. The SMILES string of the molecule is OC(c1ccc(Cl)s1)C1CCSC1. The first kappa shape index (κ1) is 9.84. The Bertz CT molecular complexity index is 281. The maximum Gasteiger partial charge on any atom is 0.0932 e. The highest BCUT2D eigenvalue weighted by Gasteiger charge is 2.25. The van der Waals surface area contributed by atoms with Crippen molar-refractivity contribution >= 4 is 34.7 Å². The van der Waals surface area contributed by atoms with E-state index in [2.05, 4.69) is 0 Å². The number of halogens is 1. The summed E-state index contributed by atoms with van der Waals surface area (Å²) in [6.45, 7) is 0. The molecular formula is C9H11ClOS2. The van der Waals surface area contributed by atoms with Crippen LogP contribution in [0.2, 0.25) is 4.34 Å². The fourth-order valence-electron chi connectivity index (χ4n) is 1.52. The molecule has 1 aromatic rings. The van der Waals surface area contributed by atoms with Gasteiger partial charge < -0.3 is 5.11 Å². The molecule has 1 N–H and O–H groups in total. The van der Waals surface area contributed by atoms with Gasteiger partial charge in [0.05, 0.1) is 10.4 Å². The van der Waals surface area contributed by atoms with Crippen molar-refractivity contribution in [3.05, 3.63) is 21.3 Å². The topological polar surface area (TPSA) is 20.2 Å². The highest BCUT2D eigenvalue weighted by atomic mass is 35.5. The molecule has 0 amide bonds. The molecule has 1 nitrogen and oxygen atoms in total. The van der Waals surface area contributed by atoms with Gasteiger partial charge in [-0.15, -0.1) is 11.3 Å². The summed E-state index contributed by atoms with van der Waals surface area (Å²) in [4.78, 5) is 1.01. The Morgan fingerprint density at radius 1 is 1.54 bits per heavy atom. The highest BCUT2D eigenvalue weighted by molar-refractivity contribution is 7.99. The van der Waals surface area contributed by atoms with Crippen LogP contribution in [-0.2, 0) is 0 Å². The first-order valence-corrected chi connectivity index (χ1v) is 6.63. The van der Waals surface area contributed by atoms with Gasteiger partial charge in [0, 0.05) is 4.88 Å². The van der Waals surface area contributed by atoms with Crippen LogP contribution < -0.4 is 0 Å². The van der Waals surface area contributed by atoms with E-state index < -0.39 is 0 Å². The fraction of sp³-hybridized carbons (Fsp3) is 0.556. The molecule has 1 aromatic heterocycles. The van der Waals surface area contributed by atoms with Crippen LogP contribution in [0, 0.1) is 5.92 Å². The van der Waals surface area contributed by atoms with Crippen molar-refractivity contribution in [1.82, 2.24) is 0 Å². The van der Waals surface area contributed by atoms with E-state index in [0.717, 1.165) is 21.4 Å². The van der Waals surface area contributed by atoms with Crippen LogP contribution in [-0.4, -0.2) is 16.6 Å². The molecule has 13 heavy (non-hydrogen) atoms. The smallest absolute Gasteiger partial charge is 0.0932 e. The Hall–Kier alpha value is 0.300. The van der Waals surface area contributed by atoms with Crippen LogP contribution in [0.15, 0.2) is 12.1 Å². The quantitative estimate of drug-likeness (QED) is 0.848. The number of thiophene rings is 1. The second kappa shape index (κ2) is 4.22. The molecule has 2 rings (SSSR count). The second-order valence-corrected chi connectivity index (χ2v) is 6.11. The van der Waals surface area contributed by atoms with Gasteiger partial charge in [-0.3, -0.25) is 0 Å². The van der Waals surface area contributed by atoms with Crippen LogP contribution in [0.4, 0.5) is 0 Å². The number of thioether (sulfide) groups is 1. The molecule has 1 fully saturated rings. The molecule has 0 radical (unpaired) electrons. The van der Waals surface area contributed by atoms with E-state index in [9.17, 15) is 5.11 Å². The van der Waals surface area contributed by atoms with Gasteiger partial charge in [0.1, 0.15) is 0 Å². The summed E-state index contributed by atoms with van der Waals surface area (Å²) in [7, 11) is 0. The zero-order valence-electron chi connectivity index (χ0n) is 7.07. The van der Waals surface area contributed by atoms with Crippen molar-refractivity contribution in [2.75, 3.05) is 11.5 Å². The van der Waals surface area contributed by atoms with Crippen molar-refractivity contribution in [2.24, 2.45) is 5.92 Å². The van der Waals surface area contributed by atoms with Crippen molar-refractivity contribution in [1.29, 1.82) is 0 Å². The molecular weight excluding hydrogens is 224 g/mol. The van der Waals surface area contributed by atoms with E-state index in [0.29, 0.717) is 5.92 Å². The minimum Gasteiger partial charge on any atom is -0.387 e. The van der Waals surface area contributed by atoms with Crippen molar-refractivity contribution in [3.8, 4) is 0 Å². The van der Waals surface area contributed by atoms with Crippen molar-refractivity contribution in [3.63, 3.8) is 0 Å². The van der Waals surface area contributed by atoms with E-state index in [-0.39, 0.29) is 6.10 Å². The van der Waals surface area contributed by atoms with E-state index in [1.54, 1.807) is 0 Å². The number of hydrogen-bond acceptors (Lipinski definition) is 3. The molecule has 2 unspecified atom stereocenters. The minimum atomic E-state index is -0.299. The average molecular weight is 235 g/mol. The third-order valence-electron chi connectivity index (χ3n) is 2.30. The molecule has 1 saturated heterocycles. The Balaban J connectivity index is 2.07. The Kier molecular flexibility index (Phi) is 3.19. The van der Waals surface area contributed by atoms with E-state index in [1.165, 1.54) is 17.1 Å². The zero-order chi connectivity index (χ0) is 9.26. The molecule has 0 aliphatic carbocycles. The van der Waals surface area contributed by atoms with Crippen LogP contribution in [0.3, 0.4) is 0 Å². The largest absolute Gasteiger partial charge is 0.387 e. The number of rotatable bonds is 2. The van der Waals surface area contributed by atoms with Crippen LogP contribution in [0.1, 0.15) is 17.4 Å². The highest BCUT2D eigenvalue weighted by Crippen LogP contribution is 2.37. The summed E-state index contributed by atoms with van der Waals surface area (Å²) in [6, 6.07) is 3.79. The Labute approximate surface area is 91.1 Å². The zero-order valence-corrected chi connectivity index (χ0v) is 9.46. The maximum absolute atomic E-state index is 9.97. The van der Waals surface area contributed by atoms with Gasteiger partial charge in [-0.25, -0.2) is 0 Å².